The Kier molecular flexibility index (Phi) is 6.03. The van der Waals surface area contributed by atoms with Crippen molar-refractivity contribution in [2.75, 3.05) is 13.2 Å². The van der Waals surface area contributed by atoms with Gasteiger partial charge in [-0.3, -0.25) is 4.98 Å². The van der Waals surface area contributed by atoms with Crippen molar-refractivity contribution < 1.29 is 17.9 Å². The zero-order valence-electron chi connectivity index (χ0n) is 14.5. The van der Waals surface area contributed by atoms with Crippen LogP contribution in [0.25, 0.3) is 6.08 Å². The molecule has 2 heterocycles. The molecule has 0 aliphatic carbocycles. The minimum Gasteiger partial charge on any atom is -0.485 e. The first kappa shape index (κ1) is 18.6. The fourth-order valence-corrected chi connectivity index (χ4v) is 3.75. The summed E-state index contributed by atoms with van der Waals surface area (Å²) < 4.78 is 38.9. The molecular weight excluding hydrogens is 352 g/mol. The average molecular weight is 374 g/mol. The fourth-order valence-electron chi connectivity index (χ4n) is 2.64. The number of aryl methyl sites for hydroxylation is 1. The Morgan fingerprint density at radius 3 is 2.77 bits per heavy atom. The number of hydrogen-bond donors (Lipinski definition) is 1. The molecule has 1 saturated heterocycles. The average Bonchev–Trinajstić information content (AvgIpc) is 2.64. The molecule has 1 aromatic carbocycles. The zero-order chi connectivity index (χ0) is 18.4. The topological polar surface area (TPSA) is 77.5 Å². The lowest BCUT2D eigenvalue weighted by atomic mass is 10.1. The molecule has 2 aromatic rings. The van der Waals surface area contributed by atoms with E-state index in [4.69, 9.17) is 9.47 Å². The number of sulfonamides is 1. The Bertz CT molecular complexity index is 836. The summed E-state index contributed by atoms with van der Waals surface area (Å²) in [6, 6.07) is 12.6. The van der Waals surface area contributed by atoms with Crippen molar-refractivity contribution in [3.05, 3.63) is 65.3 Å². The summed E-state index contributed by atoms with van der Waals surface area (Å²) >= 11 is 0. The smallest absolute Gasteiger partial charge is 0.234 e. The summed E-state index contributed by atoms with van der Waals surface area (Å²) in [4.78, 5) is 4.19. The molecule has 1 N–H and O–H groups in total. The van der Waals surface area contributed by atoms with Crippen molar-refractivity contribution in [2.45, 2.75) is 25.5 Å². The Labute approximate surface area is 153 Å². The fraction of sp³-hybridized carbons (Fsp3) is 0.316. The summed E-state index contributed by atoms with van der Waals surface area (Å²) in [5, 5.41) is 1.18. The van der Waals surface area contributed by atoms with Gasteiger partial charge in [-0.1, -0.05) is 30.3 Å². The van der Waals surface area contributed by atoms with Gasteiger partial charge in [0.25, 0.3) is 0 Å². The molecule has 0 saturated carbocycles. The summed E-state index contributed by atoms with van der Waals surface area (Å²) in [6.07, 6.45) is 3.34. The molecule has 7 heteroatoms. The summed E-state index contributed by atoms with van der Waals surface area (Å²) in [6.45, 7) is 2.70. The molecule has 26 heavy (non-hydrogen) atoms. The van der Waals surface area contributed by atoms with E-state index in [1.54, 1.807) is 12.3 Å². The summed E-state index contributed by atoms with van der Waals surface area (Å²) in [7, 11) is -3.59. The zero-order valence-corrected chi connectivity index (χ0v) is 15.4. The van der Waals surface area contributed by atoms with Crippen molar-refractivity contribution in [3.8, 4) is 5.75 Å². The number of aromatic nitrogens is 1. The van der Waals surface area contributed by atoms with Gasteiger partial charge in [-0.05, 0) is 37.1 Å². The van der Waals surface area contributed by atoms with Gasteiger partial charge in [0.15, 0.2) is 0 Å². The first-order valence-electron chi connectivity index (χ1n) is 8.44. The molecule has 3 rings (SSSR count). The van der Waals surface area contributed by atoms with Gasteiger partial charge >= 0.3 is 0 Å². The number of ether oxygens (including phenoxy) is 2. The van der Waals surface area contributed by atoms with Gasteiger partial charge in [-0.25, -0.2) is 13.1 Å². The normalized spacial score (nSPS) is 21.0. The molecule has 1 fully saturated rings. The lowest BCUT2D eigenvalue weighted by Crippen LogP contribution is -2.50. The second-order valence-electron chi connectivity index (χ2n) is 6.14. The van der Waals surface area contributed by atoms with Gasteiger partial charge in [-0.15, -0.1) is 0 Å². The van der Waals surface area contributed by atoms with E-state index in [1.807, 2.05) is 49.4 Å². The number of rotatable bonds is 6. The van der Waals surface area contributed by atoms with Gasteiger partial charge in [0.1, 0.15) is 11.9 Å². The summed E-state index contributed by atoms with van der Waals surface area (Å²) in [5.41, 5.74) is 1.71. The van der Waals surface area contributed by atoms with Crippen LogP contribution in [0.3, 0.4) is 0 Å². The standard InChI is InChI=1S/C19H22N2O4S/c1-15-7-8-17(13-20-15)25-19-14-24-11-9-18(19)21-26(22,23)12-10-16-5-3-2-4-6-16/h2-8,10,12-13,18-19,21H,9,11,14H2,1H3/b12-10+/t18-,19+/m0/s1. The largest absolute Gasteiger partial charge is 0.485 e. The highest BCUT2D eigenvalue weighted by Gasteiger charge is 2.30. The minimum atomic E-state index is -3.59. The van der Waals surface area contributed by atoms with E-state index in [2.05, 4.69) is 9.71 Å². The number of pyridine rings is 1. The van der Waals surface area contributed by atoms with Crippen molar-refractivity contribution in [3.63, 3.8) is 0 Å². The molecule has 0 bridgehead atoms. The first-order chi connectivity index (χ1) is 12.5. The van der Waals surface area contributed by atoms with E-state index in [0.29, 0.717) is 25.4 Å². The second kappa shape index (κ2) is 8.44. The highest BCUT2D eigenvalue weighted by molar-refractivity contribution is 7.92. The molecule has 1 aliphatic heterocycles. The third-order valence-electron chi connectivity index (χ3n) is 4.03. The van der Waals surface area contributed by atoms with Crippen LogP contribution < -0.4 is 9.46 Å². The highest BCUT2D eigenvalue weighted by atomic mass is 32.2. The molecule has 0 amide bonds. The quantitative estimate of drug-likeness (QED) is 0.841. The molecule has 1 aromatic heterocycles. The number of nitrogens with zero attached hydrogens (tertiary/aromatic N) is 1. The Morgan fingerprint density at radius 2 is 2.04 bits per heavy atom. The van der Waals surface area contributed by atoms with Crippen molar-refractivity contribution in [1.29, 1.82) is 0 Å². The van der Waals surface area contributed by atoms with E-state index in [0.717, 1.165) is 11.3 Å². The number of nitrogens with one attached hydrogen (secondary N) is 1. The molecule has 0 spiro atoms. The molecule has 1 aliphatic rings. The SMILES string of the molecule is Cc1ccc(O[C@@H]2COCC[C@@H]2NS(=O)(=O)/C=C/c2ccccc2)cn1. The maximum absolute atomic E-state index is 12.4. The number of benzene rings is 1. The van der Waals surface area contributed by atoms with Crippen LogP contribution in [-0.4, -0.2) is 38.8 Å². The minimum absolute atomic E-state index is 0.323. The predicted molar refractivity (Wildman–Crippen MR) is 100 cm³/mol. The Morgan fingerprint density at radius 1 is 1.23 bits per heavy atom. The van der Waals surface area contributed by atoms with Gasteiger partial charge in [0, 0.05) is 17.7 Å². The first-order valence-corrected chi connectivity index (χ1v) is 9.99. The van der Waals surface area contributed by atoms with Crippen molar-refractivity contribution in [2.24, 2.45) is 0 Å². The maximum Gasteiger partial charge on any atom is 0.234 e. The van der Waals surface area contributed by atoms with Gasteiger partial charge in [0.05, 0.1) is 18.8 Å². The van der Waals surface area contributed by atoms with Crippen LogP contribution in [-0.2, 0) is 14.8 Å². The van der Waals surface area contributed by atoms with Crippen LogP contribution in [0, 0.1) is 6.92 Å². The van der Waals surface area contributed by atoms with E-state index in [1.165, 1.54) is 5.41 Å². The molecule has 138 valence electrons. The molecule has 0 radical (unpaired) electrons. The van der Waals surface area contributed by atoms with Crippen LogP contribution in [0.1, 0.15) is 17.7 Å². The van der Waals surface area contributed by atoms with Gasteiger partial charge in [0.2, 0.25) is 10.0 Å². The number of hydrogen-bond acceptors (Lipinski definition) is 5. The lowest BCUT2D eigenvalue weighted by molar-refractivity contribution is -0.00933. The monoisotopic (exact) mass is 374 g/mol. The Balaban J connectivity index is 1.67. The second-order valence-corrected chi connectivity index (χ2v) is 7.74. The van der Waals surface area contributed by atoms with Gasteiger partial charge < -0.3 is 9.47 Å². The van der Waals surface area contributed by atoms with Crippen molar-refractivity contribution in [1.82, 2.24) is 9.71 Å². The summed E-state index contributed by atoms with van der Waals surface area (Å²) in [5.74, 6) is 0.593. The van der Waals surface area contributed by atoms with Crippen LogP contribution in [0.2, 0.25) is 0 Å². The molecule has 0 unspecified atom stereocenters. The molecule has 6 nitrogen and oxygen atoms in total. The lowest BCUT2D eigenvalue weighted by Gasteiger charge is -2.31. The maximum atomic E-state index is 12.4. The van der Waals surface area contributed by atoms with E-state index in [9.17, 15) is 8.42 Å². The molecule has 2 atom stereocenters. The van der Waals surface area contributed by atoms with Crippen LogP contribution in [0.4, 0.5) is 0 Å². The van der Waals surface area contributed by atoms with Crippen LogP contribution >= 0.6 is 0 Å². The molecular formula is C19H22N2O4S. The van der Waals surface area contributed by atoms with E-state index < -0.39 is 16.1 Å². The Hall–Kier alpha value is -2.22. The van der Waals surface area contributed by atoms with E-state index in [-0.39, 0.29) is 6.04 Å². The van der Waals surface area contributed by atoms with Crippen molar-refractivity contribution >= 4 is 16.1 Å². The van der Waals surface area contributed by atoms with Crippen LogP contribution in [0.15, 0.2) is 54.1 Å². The third kappa shape index (κ3) is 5.39. The van der Waals surface area contributed by atoms with E-state index >= 15 is 0 Å². The third-order valence-corrected chi connectivity index (χ3v) is 5.16. The highest BCUT2D eigenvalue weighted by Crippen LogP contribution is 2.18. The predicted octanol–water partition coefficient (Wildman–Crippen LogP) is 2.52. The van der Waals surface area contributed by atoms with Crippen LogP contribution in [0.5, 0.6) is 5.75 Å². The van der Waals surface area contributed by atoms with Gasteiger partial charge in [-0.2, -0.15) is 0 Å².